The molecule has 0 radical (unpaired) electrons. The fourth-order valence-electron chi connectivity index (χ4n) is 3.53. The van der Waals surface area contributed by atoms with Crippen LogP contribution in [0.1, 0.15) is 49.8 Å². The van der Waals surface area contributed by atoms with Crippen LogP contribution in [0, 0.1) is 12.3 Å². The van der Waals surface area contributed by atoms with Crippen molar-refractivity contribution in [3.8, 4) is 0 Å². The maximum absolute atomic E-state index is 6.32. The van der Waals surface area contributed by atoms with E-state index in [1.54, 1.807) is 0 Å². The molecule has 2 atom stereocenters. The molecule has 1 aromatic carbocycles. The molecule has 0 aromatic heterocycles. The number of ether oxygens (including phenoxy) is 1. The molecule has 1 aliphatic heterocycles. The van der Waals surface area contributed by atoms with Gasteiger partial charge >= 0.3 is 0 Å². The number of hydrogen-bond donors (Lipinski definition) is 1. The molecule has 104 valence electrons. The molecule has 0 bridgehead atoms. The van der Waals surface area contributed by atoms with Crippen molar-refractivity contribution in [3.63, 3.8) is 0 Å². The van der Waals surface area contributed by atoms with Crippen LogP contribution in [0.15, 0.2) is 24.3 Å². The van der Waals surface area contributed by atoms with Crippen molar-refractivity contribution in [1.29, 1.82) is 0 Å². The minimum atomic E-state index is 0.195. The Kier molecular flexibility index (Phi) is 3.64. The molecule has 0 amide bonds. The summed E-state index contributed by atoms with van der Waals surface area (Å²) in [6.45, 7) is 6.42. The quantitative estimate of drug-likeness (QED) is 0.832. The van der Waals surface area contributed by atoms with Gasteiger partial charge in [0.1, 0.15) is 0 Å². The first kappa shape index (κ1) is 13.1. The van der Waals surface area contributed by atoms with E-state index in [1.807, 2.05) is 0 Å². The summed E-state index contributed by atoms with van der Waals surface area (Å²) in [7, 11) is 0. The summed E-state index contributed by atoms with van der Waals surface area (Å²) in [5.74, 6) is 0. The molecule has 2 heteroatoms. The summed E-state index contributed by atoms with van der Waals surface area (Å²) < 4.78 is 6.32. The second kappa shape index (κ2) is 5.26. The third kappa shape index (κ3) is 2.70. The minimum absolute atomic E-state index is 0.195. The zero-order valence-corrected chi connectivity index (χ0v) is 12.1. The summed E-state index contributed by atoms with van der Waals surface area (Å²) in [6.07, 6.45) is 5.59. The third-order valence-electron chi connectivity index (χ3n) is 4.89. The lowest BCUT2D eigenvalue weighted by Gasteiger charge is -2.26. The van der Waals surface area contributed by atoms with Crippen LogP contribution in [-0.2, 0) is 4.74 Å². The summed E-state index contributed by atoms with van der Waals surface area (Å²) >= 11 is 0. The van der Waals surface area contributed by atoms with E-state index in [0.717, 1.165) is 13.2 Å². The average Bonchev–Trinajstić information content (AvgIpc) is 2.81. The second-order valence-corrected chi connectivity index (χ2v) is 6.52. The van der Waals surface area contributed by atoms with Gasteiger partial charge in [0.25, 0.3) is 0 Å². The highest BCUT2D eigenvalue weighted by Gasteiger charge is 2.38. The maximum atomic E-state index is 6.32. The highest BCUT2D eigenvalue weighted by atomic mass is 16.5. The zero-order chi connectivity index (χ0) is 13.3. The summed E-state index contributed by atoms with van der Waals surface area (Å²) in [5.41, 5.74) is 3.03. The largest absolute Gasteiger partial charge is 0.371 e. The fourth-order valence-corrected chi connectivity index (χ4v) is 3.53. The number of nitrogens with one attached hydrogen (secondary N) is 1. The van der Waals surface area contributed by atoms with Crippen molar-refractivity contribution in [2.45, 2.75) is 51.7 Å². The van der Waals surface area contributed by atoms with Gasteiger partial charge in [0.05, 0.1) is 12.7 Å². The molecule has 1 N–H and O–H groups in total. The summed E-state index contributed by atoms with van der Waals surface area (Å²) in [4.78, 5) is 0. The molecular formula is C17H25NO. The number of aryl methyl sites for hydroxylation is 1. The van der Waals surface area contributed by atoms with Crippen LogP contribution in [0.3, 0.4) is 0 Å². The Morgan fingerprint density at radius 3 is 2.53 bits per heavy atom. The van der Waals surface area contributed by atoms with Gasteiger partial charge in [0, 0.05) is 18.0 Å². The Balaban J connectivity index is 1.77. The van der Waals surface area contributed by atoms with E-state index < -0.39 is 0 Å². The summed E-state index contributed by atoms with van der Waals surface area (Å²) in [5, 5.41) is 3.72. The highest BCUT2D eigenvalue weighted by Crippen LogP contribution is 2.41. The van der Waals surface area contributed by atoms with Crippen molar-refractivity contribution < 1.29 is 4.74 Å². The first-order valence-corrected chi connectivity index (χ1v) is 7.60. The van der Waals surface area contributed by atoms with E-state index in [0.29, 0.717) is 11.5 Å². The van der Waals surface area contributed by atoms with Crippen LogP contribution in [0.25, 0.3) is 0 Å². The molecule has 1 aromatic rings. The molecule has 1 spiro atoms. The fraction of sp³-hybridized carbons (Fsp3) is 0.647. The topological polar surface area (TPSA) is 21.3 Å². The van der Waals surface area contributed by atoms with E-state index in [-0.39, 0.29) is 6.10 Å². The molecule has 2 fully saturated rings. The predicted octanol–water partition coefficient (Wildman–Crippen LogP) is 3.60. The van der Waals surface area contributed by atoms with Crippen molar-refractivity contribution in [2.24, 2.45) is 5.41 Å². The molecule has 2 unspecified atom stereocenters. The van der Waals surface area contributed by atoms with Gasteiger partial charge in [-0.3, -0.25) is 0 Å². The maximum Gasteiger partial charge on any atom is 0.0975 e. The van der Waals surface area contributed by atoms with Gasteiger partial charge in [-0.05, 0) is 32.3 Å². The summed E-state index contributed by atoms with van der Waals surface area (Å²) in [6, 6.07) is 9.18. The van der Waals surface area contributed by atoms with Crippen molar-refractivity contribution >= 4 is 0 Å². The number of hydrogen-bond acceptors (Lipinski definition) is 2. The Morgan fingerprint density at radius 1 is 1.16 bits per heavy atom. The lowest BCUT2D eigenvalue weighted by molar-refractivity contribution is 0.00412. The van der Waals surface area contributed by atoms with Crippen LogP contribution in [0.2, 0.25) is 0 Å². The van der Waals surface area contributed by atoms with Crippen molar-refractivity contribution in [2.75, 3.05) is 13.2 Å². The van der Waals surface area contributed by atoms with Crippen LogP contribution >= 0.6 is 0 Å². The number of rotatable bonds is 1. The van der Waals surface area contributed by atoms with E-state index in [2.05, 4.69) is 43.4 Å². The molecule has 1 heterocycles. The molecule has 2 nitrogen and oxygen atoms in total. The predicted molar refractivity (Wildman–Crippen MR) is 78.2 cm³/mol. The Bertz CT molecular complexity index is 419. The highest BCUT2D eigenvalue weighted by molar-refractivity contribution is 5.24. The van der Waals surface area contributed by atoms with Crippen LogP contribution in [-0.4, -0.2) is 19.2 Å². The molecule has 3 rings (SSSR count). The lowest BCUT2D eigenvalue weighted by Crippen LogP contribution is -2.36. The molecule has 19 heavy (non-hydrogen) atoms. The van der Waals surface area contributed by atoms with Crippen LogP contribution in [0.4, 0.5) is 0 Å². The molecule has 1 saturated carbocycles. The monoisotopic (exact) mass is 259 g/mol. The van der Waals surface area contributed by atoms with Gasteiger partial charge in [0.2, 0.25) is 0 Å². The standard InChI is InChI=1S/C17H25NO/c1-13-5-7-15(8-6-13)16-14(2)18-11-17(12-19-16)9-3-4-10-17/h5-8,14,16,18H,3-4,9-12H2,1-2H3. The average molecular weight is 259 g/mol. The number of benzene rings is 1. The van der Waals surface area contributed by atoms with E-state index in [1.165, 1.54) is 36.8 Å². The molecule has 1 aliphatic carbocycles. The van der Waals surface area contributed by atoms with Crippen molar-refractivity contribution in [1.82, 2.24) is 5.32 Å². The second-order valence-electron chi connectivity index (χ2n) is 6.52. The smallest absolute Gasteiger partial charge is 0.0975 e. The Morgan fingerprint density at radius 2 is 1.84 bits per heavy atom. The SMILES string of the molecule is Cc1ccc(C2OCC3(CCCC3)CNC2C)cc1. The van der Waals surface area contributed by atoms with Gasteiger partial charge in [-0.2, -0.15) is 0 Å². The lowest BCUT2D eigenvalue weighted by atomic mass is 9.87. The van der Waals surface area contributed by atoms with Crippen LogP contribution in [0.5, 0.6) is 0 Å². The minimum Gasteiger partial charge on any atom is -0.371 e. The van der Waals surface area contributed by atoms with Gasteiger partial charge in [-0.1, -0.05) is 42.7 Å². The van der Waals surface area contributed by atoms with E-state index in [4.69, 9.17) is 4.74 Å². The zero-order valence-electron chi connectivity index (χ0n) is 12.1. The van der Waals surface area contributed by atoms with Gasteiger partial charge in [0.15, 0.2) is 0 Å². The first-order valence-electron chi connectivity index (χ1n) is 7.60. The molecular weight excluding hydrogens is 234 g/mol. The third-order valence-corrected chi connectivity index (χ3v) is 4.89. The van der Waals surface area contributed by atoms with Gasteiger partial charge in [-0.15, -0.1) is 0 Å². The van der Waals surface area contributed by atoms with E-state index >= 15 is 0 Å². The van der Waals surface area contributed by atoms with Gasteiger partial charge < -0.3 is 10.1 Å². The Hall–Kier alpha value is -0.860. The van der Waals surface area contributed by atoms with E-state index in [9.17, 15) is 0 Å². The Labute approximate surface area is 116 Å². The van der Waals surface area contributed by atoms with Crippen LogP contribution < -0.4 is 5.32 Å². The van der Waals surface area contributed by atoms with Crippen molar-refractivity contribution in [3.05, 3.63) is 35.4 Å². The molecule has 2 aliphatic rings. The van der Waals surface area contributed by atoms with Gasteiger partial charge in [-0.25, -0.2) is 0 Å². The first-order chi connectivity index (χ1) is 9.19. The normalized spacial score (nSPS) is 30.4. The molecule has 1 saturated heterocycles.